The lowest BCUT2D eigenvalue weighted by molar-refractivity contribution is -0.117. The van der Waals surface area contributed by atoms with Crippen LogP contribution < -0.4 is 14.4 Å². The van der Waals surface area contributed by atoms with Gasteiger partial charge in [0.1, 0.15) is 13.2 Å². The van der Waals surface area contributed by atoms with Crippen LogP contribution in [0, 0.1) is 0 Å². The molecule has 5 rings (SSSR count). The van der Waals surface area contributed by atoms with Gasteiger partial charge in [0, 0.05) is 17.0 Å². The predicted octanol–water partition coefficient (Wildman–Crippen LogP) is 2.30. The quantitative estimate of drug-likeness (QED) is 0.718. The highest BCUT2D eigenvalue weighted by Crippen LogP contribution is 2.43. The molecular formula is C21H20N2O5S2. The third-order valence-electron chi connectivity index (χ3n) is 5.29. The number of benzene rings is 2. The molecule has 0 radical (unpaired) electrons. The van der Waals surface area contributed by atoms with Gasteiger partial charge in [-0.3, -0.25) is 4.79 Å². The number of amides is 1. The second-order valence-corrected chi connectivity index (χ2v) is 10.8. The number of ether oxygens (including phenoxy) is 2. The summed E-state index contributed by atoms with van der Waals surface area (Å²) in [5.74, 6) is 1.16. The molecule has 2 aromatic rings. The first-order valence-electron chi connectivity index (χ1n) is 9.70. The van der Waals surface area contributed by atoms with E-state index >= 15 is 0 Å². The number of rotatable bonds is 3. The molecule has 0 aromatic heterocycles. The Kier molecular flexibility index (Phi) is 4.94. The van der Waals surface area contributed by atoms with E-state index in [2.05, 4.69) is 4.99 Å². The van der Waals surface area contributed by atoms with Crippen molar-refractivity contribution in [3.05, 3.63) is 54.1 Å². The molecule has 0 spiro atoms. The van der Waals surface area contributed by atoms with E-state index in [-0.39, 0.29) is 35.1 Å². The number of anilines is 1. The van der Waals surface area contributed by atoms with Gasteiger partial charge in [0.15, 0.2) is 26.5 Å². The van der Waals surface area contributed by atoms with E-state index < -0.39 is 9.84 Å². The maximum atomic E-state index is 12.6. The van der Waals surface area contributed by atoms with Crippen molar-refractivity contribution in [2.24, 2.45) is 4.99 Å². The number of hydrogen-bond donors (Lipinski definition) is 0. The second kappa shape index (κ2) is 7.63. The number of carbonyl (C=O) groups is 1. The van der Waals surface area contributed by atoms with Crippen molar-refractivity contribution < 1.29 is 22.7 Å². The van der Waals surface area contributed by atoms with Gasteiger partial charge in [-0.25, -0.2) is 8.42 Å². The maximum absolute atomic E-state index is 12.6. The zero-order valence-electron chi connectivity index (χ0n) is 16.1. The number of hydrogen-bond acceptors (Lipinski definition) is 6. The smallest absolute Gasteiger partial charge is 0.252 e. The lowest BCUT2D eigenvalue weighted by Crippen LogP contribution is -2.37. The van der Waals surface area contributed by atoms with Crippen LogP contribution in [0.4, 0.5) is 5.69 Å². The molecule has 156 valence electrons. The number of aliphatic imine (C=N–C) groups is 1. The number of carbonyl (C=O) groups excluding carboxylic acids is 1. The average molecular weight is 445 g/mol. The van der Waals surface area contributed by atoms with Crippen molar-refractivity contribution in [1.29, 1.82) is 0 Å². The van der Waals surface area contributed by atoms with Crippen LogP contribution in [0.2, 0.25) is 0 Å². The Morgan fingerprint density at radius 3 is 2.63 bits per heavy atom. The van der Waals surface area contributed by atoms with Crippen LogP contribution in [0.25, 0.3) is 0 Å². The van der Waals surface area contributed by atoms with Gasteiger partial charge in [-0.15, -0.1) is 0 Å². The van der Waals surface area contributed by atoms with E-state index in [0.29, 0.717) is 29.9 Å². The van der Waals surface area contributed by atoms with Crippen molar-refractivity contribution in [3.63, 3.8) is 0 Å². The molecule has 0 saturated carbocycles. The molecule has 3 heterocycles. The molecule has 0 N–H and O–H groups in total. The Hall–Kier alpha value is -2.52. The predicted molar refractivity (Wildman–Crippen MR) is 116 cm³/mol. The van der Waals surface area contributed by atoms with E-state index in [4.69, 9.17) is 9.47 Å². The van der Waals surface area contributed by atoms with Crippen molar-refractivity contribution in [2.45, 2.75) is 17.7 Å². The van der Waals surface area contributed by atoms with Crippen molar-refractivity contribution >= 4 is 38.4 Å². The monoisotopic (exact) mass is 444 g/mol. The van der Waals surface area contributed by atoms with Gasteiger partial charge in [0.25, 0.3) is 5.91 Å². The van der Waals surface area contributed by atoms with Crippen LogP contribution in [-0.4, -0.2) is 55.5 Å². The van der Waals surface area contributed by atoms with Crippen LogP contribution in [-0.2, 0) is 21.1 Å². The molecule has 0 unspecified atom stereocenters. The summed E-state index contributed by atoms with van der Waals surface area (Å²) < 4.78 is 35.7. The average Bonchev–Trinajstić information content (AvgIpc) is 3.19. The molecule has 7 nitrogen and oxygen atoms in total. The topological polar surface area (TPSA) is 85.3 Å². The Balaban J connectivity index is 1.48. The SMILES string of the molecule is O=C(Cc1ccccc1)N=C1S[C@H]2CS(=O)(=O)C[C@@H]2N1c1ccc2c(c1)OCCO2. The molecule has 9 heteroatoms. The molecule has 3 aliphatic heterocycles. The number of nitrogens with zero attached hydrogens (tertiary/aromatic N) is 2. The third kappa shape index (κ3) is 3.79. The summed E-state index contributed by atoms with van der Waals surface area (Å²) in [7, 11) is -3.12. The Morgan fingerprint density at radius 2 is 1.83 bits per heavy atom. The van der Waals surface area contributed by atoms with Crippen LogP contribution in [0.5, 0.6) is 11.5 Å². The first-order valence-corrected chi connectivity index (χ1v) is 12.4. The fraction of sp³-hybridized carbons (Fsp3) is 0.333. The van der Waals surface area contributed by atoms with E-state index in [9.17, 15) is 13.2 Å². The maximum Gasteiger partial charge on any atom is 0.252 e. The van der Waals surface area contributed by atoms with Crippen LogP contribution in [0.1, 0.15) is 5.56 Å². The van der Waals surface area contributed by atoms with Gasteiger partial charge in [-0.05, 0) is 17.7 Å². The summed E-state index contributed by atoms with van der Waals surface area (Å²) in [5.41, 5.74) is 1.64. The molecule has 3 aliphatic rings. The number of fused-ring (bicyclic) bond motifs is 2. The van der Waals surface area contributed by atoms with E-state index in [1.54, 1.807) is 0 Å². The zero-order valence-corrected chi connectivity index (χ0v) is 17.7. The van der Waals surface area contributed by atoms with E-state index in [1.807, 2.05) is 53.4 Å². The fourth-order valence-corrected chi connectivity index (χ4v) is 7.90. The Morgan fingerprint density at radius 1 is 1.07 bits per heavy atom. The minimum Gasteiger partial charge on any atom is -0.486 e. The normalized spacial score (nSPS) is 25.3. The van der Waals surface area contributed by atoms with E-state index in [0.717, 1.165) is 11.3 Å². The summed E-state index contributed by atoms with van der Waals surface area (Å²) >= 11 is 1.37. The van der Waals surface area contributed by atoms with Gasteiger partial charge in [-0.2, -0.15) is 4.99 Å². The van der Waals surface area contributed by atoms with Gasteiger partial charge >= 0.3 is 0 Å². The van der Waals surface area contributed by atoms with E-state index in [1.165, 1.54) is 11.8 Å². The second-order valence-electron chi connectivity index (χ2n) is 7.45. The minimum atomic E-state index is -3.12. The summed E-state index contributed by atoms with van der Waals surface area (Å²) in [5, 5.41) is 0.393. The summed E-state index contributed by atoms with van der Waals surface area (Å²) in [6.45, 7) is 0.956. The van der Waals surface area contributed by atoms with Gasteiger partial charge in [-0.1, -0.05) is 42.1 Å². The molecule has 2 saturated heterocycles. The molecular weight excluding hydrogens is 424 g/mol. The minimum absolute atomic E-state index is 0.0466. The largest absolute Gasteiger partial charge is 0.486 e. The van der Waals surface area contributed by atoms with Crippen molar-refractivity contribution in [3.8, 4) is 11.5 Å². The molecule has 2 atom stereocenters. The first kappa shape index (κ1) is 19.4. The summed E-state index contributed by atoms with van der Waals surface area (Å²) in [6.07, 6.45) is 0.202. The highest BCUT2D eigenvalue weighted by molar-refractivity contribution is 8.16. The molecule has 1 amide bonds. The molecule has 30 heavy (non-hydrogen) atoms. The lowest BCUT2D eigenvalue weighted by atomic mass is 10.1. The summed E-state index contributed by atoms with van der Waals surface area (Å²) in [4.78, 5) is 18.9. The van der Waals surface area contributed by atoms with Crippen LogP contribution >= 0.6 is 11.8 Å². The standard InChI is InChI=1S/C21H20N2O5S2/c24-20(10-14-4-2-1-3-5-14)22-21-23(16-12-30(25,26)13-19(16)29-21)15-6-7-17-18(11-15)28-9-8-27-17/h1-7,11,16,19H,8-10,12-13H2/t16-,19-/m0/s1. The van der Waals surface area contributed by atoms with Gasteiger partial charge < -0.3 is 14.4 Å². The Bertz CT molecular complexity index is 1120. The molecule has 0 aliphatic carbocycles. The lowest BCUT2D eigenvalue weighted by Gasteiger charge is -2.26. The fourth-order valence-electron chi connectivity index (χ4n) is 3.96. The third-order valence-corrected chi connectivity index (χ3v) is 8.50. The van der Waals surface area contributed by atoms with Crippen molar-refractivity contribution in [1.82, 2.24) is 0 Å². The van der Waals surface area contributed by atoms with Gasteiger partial charge in [0.05, 0.1) is 24.0 Å². The number of sulfone groups is 1. The van der Waals surface area contributed by atoms with Gasteiger partial charge in [0.2, 0.25) is 0 Å². The molecule has 2 fully saturated rings. The molecule has 2 aromatic carbocycles. The summed E-state index contributed by atoms with van der Waals surface area (Å²) in [6, 6.07) is 14.7. The number of amidine groups is 1. The Labute approximate surface area is 179 Å². The highest BCUT2D eigenvalue weighted by atomic mass is 32.2. The van der Waals surface area contributed by atoms with Crippen LogP contribution in [0.15, 0.2) is 53.5 Å². The van der Waals surface area contributed by atoms with Crippen LogP contribution in [0.3, 0.4) is 0 Å². The first-order chi connectivity index (χ1) is 14.5. The van der Waals surface area contributed by atoms with Crippen molar-refractivity contribution in [2.75, 3.05) is 29.6 Å². The number of thioether (sulfide) groups is 1. The zero-order chi connectivity index (χ0) is 20.7. The highest BCUT2D eigenvalue weighted by Gasteiger charge is 2.49. The molecule has 0 bridgehead atoms.